The molecule has 0 N–H and O–H groups in total. The maximum atomic E-state index is 11.8. The Labute approximate surface area is 140 Å². The molecule has 0 bridgehead atoms. The van der Waals surface area contributed by atoms with Gasteiger partial charge in [-0.25, -0.2) is 4.79 Å². The van der Waals surface area contributed by atoms with E-state index in [1.807, 2.05) is 12.1 Å². The van der Waals surface area contributed by atoms with Crippen LogP contribution in [0.3, 0.4) is 0 Å². The zero-order valence-electron chi connectivity index (χ0n) is 12.8. The number of nitrogens with zero attached hydrogens (tertiary/aromatic N) is 1. The van der Waals surface area contributed by atoms with Gasteiger partial charge in [0.2, 0.25) is 0 Å². The fraction of sp³-hybridized carbons (Fsp3) is 0.353. The molecule has 0 aliphatic carbocycles. The summed E-state index contributed by atoms with van der Waals surface area (Å²) < 4.78 is 5.88. The van der Waals surface area contributed by atoms with Crippen LogP contribution in [0.15, 0.2) is 36.4 Å². The summed E-state index contributed by atoms with van der Waals surface area (Å²) >= 11 is 7.04. The zero-order chi connectivity index (χ0) is 15.9. The maximum absolute atomic E-state index is 11.8. The van der Waals surface area contributed by atoms with Crippen molar-refractivity contribution in [1.29, 1.82) is 0 Å². The molecule has 2 aromatic rings. The van der Waals surface area contributed by atoms with E-state index in [1.54, 1.807) is 12.1 Å². The Morgan fingerprint density at radius 2 is 1.73 bits per heavy atom. The lowest BCUT2D eigenvalue weighted by Crippen LogP contribution is -2.22. The lowest BCUT2D eigenvalue weighted by atomic mass is 10.1. The molecule has 0 aliphatic rings. The van der Waals surface area contributed by atoms with Crippen LogP contribution in [0.4, 0.5) is 0 Å². The molecule has 118 valence electrons. The van der Waals surface area contributed by atoms with E-state index in [9.17, 15) is 4.79 Å². The van der Waals surface area contributed by atoms with Crippen LogP contribution in [-0.2, 0) is 17.9 Å². The molecule has 1 aromatic carbocycles. The number of hydrogen-bond donors (Lipinski definition) is 0. The normalized spacial score (nSPS) is 10.9. The first kappa shape index (κ1) is 17.0. The number of ether oxygens (including phenoxy) is 1. The van der Waals surface area contributed by atoms with Crippen molar-refractivity contribution in [2.45, 2.75) is 27.0 Å². The fourth-order valence-electron chi connectivity index (χ4n) is 2.09. The highest BCUT2D eigenvalue weighted by Crippen LogP contribution is 2.22. The largest absolute Gasteiger partial charge is 0.457 e. The molecule has 0 unspecified atom stereocenters. The summed E-state index contributed by atoms with van der Waals surface area (Å²) in [5, 5.41) is 0. The van der Waals surface area contributed by atoms with E-state index >= 15 is 0 Å². The molecular weight excluding hydrogens is 318 g/mol. The van der Waals surface area contributed by atoms with Crippen LogP contribution in [0.1, 0.15) is 34.6 Å². The second kappa shape index (κ2) is 8.32. The summed E-state index contributed by atoms with van der Waals surface area (Å²) in [6.45, 7) is 7.63. The predicted molar refractivity (Wildman–Crippen MR) is 91.5 cm³/mol. The van der Waals surface area contributed by atoms with Crippen molar-refractivity contribution in [3.63, 3.8) is 0 Å². The fourth-order valence-corrected chi connectivity index (χ4v) is 3.03. The van der Waals surface area contributed by atoms with Gasteiger partial charge in [-0.15, -0.1) is 11.3 Å². The molecule has 0 aliphatic heterocycles. The number of carbonyl (C=O) groups excluding carboxylic acids is 1. The quantitative estimate of drug-likeness (QED) is 0.691. The topological polar surface area (TPSA) is 29.5 Å². The second-order valence-corrected chi connectivity index (χ2v) is 6.67. The summed E-state index contributed by atoms with van der Waals surface area (Å²) in [7, 11) is 0. The van der Waals surface area contributed by atoms with Crippen LogP contribution in [0.25, 0.3) is 0 Å². The number of rotatable bonds is 7. The van der Waals surface area contributed by atoms with Crippen LogP contribution < -0.4 is 0 Å². The first-order valence-electron chi connectivity index (χ1n) is 7.35. The number of benzene rings is 1. The van der Waals surface area contributed by atoms with Crippen molar-refractivity contribution < 1.29 is 9.53 Å². The van der Waals surface area contributed by atoms with Crippen LogP contribution >= 0.6 is 22.9 Å². The molecular formula is C17H20ClNO2S. The van der Waals surface area contributed by atoms with Gasteiger partial charge >= 0.3 is 5.97 Å². The summed E-state index contributed by atoms with van der Waals surface area (Å²) in [4.78, 5) is 14.7. The minimum atomic E-state index is -0.330. The van der Waals surface area contributed by atoms with E-state index in [4.69, 9.17) is 16.3 Å². The Morgan fingerprint density at radius 3 is 2.27 bits per heavy atom. The number of hydrogen-bond acceptors (Lipinski definition) is 4. The molecule has 3 nitrogen and oxygen atoms in total. The van der Waals surface area contributed by atoms with Gasteiger partial charge in [0.1, 0.15) is 11.5 Å². The Hall–Kier alpha value is -1.36. The van der Waals surface area contributed by atoms with Crippen molar-refractivity contribution in [2.75, 3.05) is 13.1 Å². The van der Waals surface area contributed by atoms with E-state index in [2.05, 4.69) is 30.9 Å². The number of thiophene rings is 1. The zero-order valence-corrected chi connectivity index (χ0v) is 14.4. The second-order valence-electron chi connectivity index (χ2n) is 4.96. The van der Waals surface area contributed by atoms with E-state index in [-0.39, 0.29) is 12.6 Å². The maximum Gasteiger partial charge on any atom is 0.348 e. The van der Waals surface area contributed by atoms with Crippen LogP contribution in [0, 0.1) is 0 Å². The Balaban J connectivity index is 1.87. The molecule has 0 spiro atoms. The molecule has 1 heterocycles. The molecule has 0 atom stereocenters. The predicted octanol–water partition coefficient (Wildman–Crippen LogP) is 4.60. The minimum Gasteiger partial charge on any atom is -0.457 e. The first-order valence-corrected chi connectivity index (χ1v) is 8.54. The highest BCUT2D eigenvalue weighted by atomic mass is 35.5. The minimum absolute atomic E-state index is 0.278. The van der Waals surface area contributed by atoms with E-state index in [1.165, 1.54) is 16.9 Å². The van der Waals surface area contributed by atoms with Gasteiger partial charge in [0.05, 0.1) is 4.34 Å². The SMILES string of the molecule is CCN(CC)Cc1ccc(COC(=O)c2ccc(Cl)s2)cc1. The van der Waals surface area contributed by atoms with Gasteiger partial charge in [-0.1, -0.05) is 49.7 Å². The lowest BCUT2D eigenvalue weighted by Gasteiger charge is -2.18. The molecule has 0 amide bonds. The summed E-state index contributed by atoms with van der Waals surface area (Å²) in [6.07, 6.45) is 0. The molecule has 0 saturated heterocycles. The molecule has 1 aromatic heterocycles. The highest BCUT2D eigenvalue weighted by molar-refractivity contribution is 7.17. The van der Waals surface area contributed by atoms with E-state index < -0.39 is 0 Å². The average molecular weight is 338 g/mol. The van der Waals surface area contributed by atoms with Crippen LogP contribution in [0.5, 0.6) is 0 Å². The van der Waals surface area contributed by atoms with Crippen molar-refractivity contribution in [3.8, 4) is 0 Å². The van der Waals surface area contributed by atoms with Crippen molar-refractivity contribution in [2.24, 2.45) is 0 Å². The molecule has 5 heteroatoms. The van der Waals surface area contributed by atoms with Gasteiger partial charge in [0.25, 0.3) is 0 Å². The molecule has 0 saturated carbocycles. The van der Waals surface area contributed by atoms with Crippen molar-refractivity contribution in [3.05, 3.63) is 56.7 Å². The van der Waals surface area contributed by atoms with Crippen molar-refractivity contribution in [1.82, 2.24) is 4.90 Å². The van der Waals surface area contributed by atoms with E-state index in [0.717, 1.165) is 25.2 Å². The van der Waals surface area contributed by atoms with Gasteiger partial charge in [-0.3, -0.25) is 4.90 Å². The summed E-state index contributed by atoms with van der Waals surface area (Å²) in [6, 6.07) is 11.6. The number of halogens is 1. The van der Waals surface area contributed by atoms with Crippen molar-refractivity contribution >= 4 is 28.9 Å². The Morgan fingerprint density at radius 1 is 1.09 bits per heavy atom. The van der Waals surface area contributed by atoms with Crippen LogP contribution in [-0.4, -0.2) is 24.0 Å². The third kappa shape index (κ3) is 4.83. The third-order valence-electron chi connectivity index (χ3n) is 3.47. The summed E-state index contributed by atoms with van der Waals surface area (Å²) in [5.74, 6) is -0.330. The monoisotopic (exact) mass is 337 g/mol. The molecule has 0 radical (unpaired) electrons. The number of carbonyl (C=O) groups is 1. The molecule has 22 heavy (non-hydrogen) atoms. The highest BCUT2D eigenvalue weighted by Gasteiger charge is 2.10. The molecule has 0 fully saturated rings. The summed E-state index contributed by atoms with van der Waals surface area (Å²) in [5.41, 5.74) is 2.25. The smallest absolute Gasteiger partial charge is 0.348 e. The van der Waals surface area contributed by atoms with Gasteiger partial charge in [0.15, 0.2) is 0 Å². The first-order chi connectivity index (χ1) is 10.6. The average Bonchev–Trinajstić information content (AvgIpc) is 2.98. The van der Waals surface area contributed by atoms with Gasteiger partial charge in [-0.05, 0) is 36.3 Å². The lowest BCUT2D eigenvalue weighted by molar-refractivity contribution is 0.0478. The third-order valence-corrected chi connectivity index (χ3v) is 4.68. The standard InChI is InChI=1S/C17H20ClNO2S/c1-3-19(4-2)11-13-5-7-14(8-6-13)12-21-17(20)15-9-10-16(18)22-15/h5-10H,3-4,11-12H2,1-2H3. The van der Waals surface area contributed by atoms with E-state index in [0.29, 0.717) is 9.21 Å². The van der Waals surface area contributed by atoms with Gasteiger partial charge < -0.3 is 4.74 Å². The molecule has 2 rings (SSSR count). The van der Waals surface area contributed by atoms with Gasteiger partial charge in [-0.2, -0.15) is 0 Å². The van der Waals surface area contributed by atoms with Crippen LogP contribution in [0.2, 0.25) is 4.34 Å². The van der Waals surface area contributed by atoms with Gasteiger partial charge in [0, 0.05) is 6.54 Å². The Kier molecular flexibility index (Phi) is 6.43. The number of esters is 1. The Bertz CT molecular complexity index is 605.